The molecule has 0 amide bonds. The van der Waals surface area contributed by atoms with E-state index in [0.717, 1.165) is 31.4 Å². The molecule has 2 aromatic rings. The van der Waals surface area contributed by atoms with Gasteiger partial charge in [0.05, 0.1) is 11.7 Å². The van der Waals surface area contributed by atoms with Crippen molar-refractivity contribution in [2.45, 2.75) is 51.6 Å². The molecule has 1 unspecified atom stereocenters. The van der Waals surface area contributed by atoms with E-state index in [4.69, 9.17) is 5.73 Å². The molecule has 0 aliphatic carbocycles. The third-order valence-electron chi connectivity index (χ3n) is 3.70. The third-order valence-corrected chi connectivity index (χ3v) is 3.70. The number of hydrogen-bond acceptors (Lipinski definition) is 3. The first-order chi connectivity index (χ1) is 9.72. The summed E-state index contributed by atoms with van der Waals surface area (Å²) in [5, 5.41) is 4.66. The van der Waals surface area contributed by atoms with Gasteiger partial charge in [-0.25, -0.2) is 0 Å². The number of pyridine rings is 1. The quantitative estimate of drug-likeness (QED) is 0.843. The SMILES string of the molecule is CCC(CC)n1ccc(CC(N)Cc2ccncc2)n1. The Hall–Kier alpha value is -1.68. The van der Waals surface area contributed by atoms with Crippen molar-refractivity contribution in [1.29, 1.82) is 0 Å². The molecule has 0 radical (unpaired) electrons. The summed E-state index contributed by atoms with van der Waals surface area (Å²) in [6.07, 6.45) is 9.59. The normalized spacial score (nSPS) is 12.8. The van der Waals surface area contributed by atoms with Crippen LogP contribution in [0.3, 0.4) is 0 Å². The molecule has 108 valence electrons. The van der Waals surface area contributed by atoms with E-state index in [9.17, 15) is 0 Å². The van der Waals surface area contributed by atoms with Gasteiger partial charge in [0, 0.05) is 31.1 Å². The average molecular weight is 272 g/mol. The number of hydrogen-bond donors (Lipinski definition) is 1. The van der Waals surface area contributed by atoms with Gasteiger partial charge in [-0.1, -0.05) is 13.8 Å². The zero-order valence-electron chi connectivity index (χ0n) is 12.4. The molecule has 0 spiro atoms. The fourth-order valence-corrected chi connectivity index (χ4v) is 2.51. The highest BCUT2D eigenvalue weighted by atomic mass is 15.3. The first-order valence-corrected chi connectivity index (χ1v) is 7.41. The van der Waals surface area contributed by atoms with Crippen LogP contribution in [-0.2, 0) is 12.8 Å². The molecule has 0 aliphatic rings. The van der Waals surface area contributed by atoms with Gasteiger partial charge in [-0.05, 0) is 43.0 Å². The Balaban J connectivity index is 1.93. The maximum absolute atomic E-state index is 6.22. The second-order valence-electron chi connectivity index (χ2n) is 5.28. The lowest BCUT2D eigenvalue weighted by Gasteiger charge is -2.13. The van der Waals surface area contributed by atoms with Crippen molar-refractivity contribution < 1.29 is 0 Å². The Labute approximate surface area is 121 Å². The lowest BCUT2D eigenvalue weighted by atomic mass is 10.0. The smallest absolute Gasteiger partial charge is 0.0640 e. The van der Waals surface area contributed by atoms with Crippen molar-refractivity contribution in [1.82, 2.24) is 14.8 Å². The van der Waals surface area contributed by atoms with Gasteiger partial charge >= 0.3 is 0 Å². The van der Waals surface area contributed by atoms with E-state index in [1.54, 1.807) is 0 Å². The second-order valence-corrected chi connectivity index (χ2v) is 5.28. The molecule has 2 heterocycles. The third kappa shape index (κ3) is 3.90. The van der Waals surface area contributed by atoms with Crippen molar-refractivity contribution in [2.24, 2.45) is 5.73 Å². The predicted octanol–water partition coefficient (Wildman–Crippen LogP) is 2.75. The van der Waals surface area contributed by atoms with Crippen LogP contribution in [-0.4, -0.2) is 20.8 Å². The highest BCUT2D eigenvalue weighted by Crippen LogP contribution is 2.15. The zero-order valence-corrected chi connectivity index (χ0v) is 12.4. The molecule has 0 fully saturated rings. The number of rotatable bonds is 7. The lowest BCUT2D eigenvalue weighted by molar-refractivity contribution is 0.424. The average Bonchev–Trinajstić information content (AvgIpc) is 2.89. The Morgan fingerprint density at radius 2 is 1.80 bits per heavy atom. The van der Waals surface area contributed by atoms with E-state index < -0.39 is 0 Å². The van der Waals surface area contributed by atoms with Gasteiger partial charge < -0.3 is 5.73 Å². The Morgan fingerprint density at radius 3 is 2.45 bits per heavy atom. The molecule has 4 nitrogen and oxygen atoms in total. The standard InChI is InChI=1S/C16H24N4/c1-3-16(4-2)20-10-7-15(19-20)12-14(17)11-13-5-8-18-9-6-13/h5-10,14,16H,3-4,11-12,17H2,1-2H3. The molecule has 0 saturated carbocycles. The van der Waals surface area contributed by atoms with Crippen LogP contribution < -0.4 is 5.73 Å². The molecule has 0 aliphatic heterocycles. The Bertz CT molecular complexity index is 502. The van der Waals surface area contributed by atoms with Gasteiger partial charge in [0.2, 0.25) is 0 Å². The molecule has 4 heteroatoms. The van der Waals surface area contributed by atoms with Gasteiger partial charge in [0.1, 0.15) is 0 Å². The molecule has 1 atom stereocenters. The summed E-state index contributed by atoms with van der Waals surface area (Å²) in [6.45, 7) is 4.40. The van der Waals surface area contributed by atoms with Crippen LogP contribution in [0.25, 0.3) is 0 Å². The minimum atomic E-state index is 0.0995. The van der Waals surface area contributed by atoms with E-state index in [2.05, 4.69) is 40.9 Å². The maximum Gasteiger partial charge on any atom is 0.0640 e. The van der Waals surface area contributed by atoms with Gasteiger partial charge in [0.15, 0.2) is 0 Å². The largest absolute Gasteiger partial charge is 0.327 e. The van der Waals surface area contributed by atoms with Crippen LogP contribution in [0.1, 0.15) is 44.0 Å². The van der Waals surface area contributed by atoms with Crippen LogP contribution in [0.2, 0.25) is 0 Å². The minimum absolute atomic E-state index is 0.0995. The highest BCUT2D eigenvalue weighted by Gasteiger charge is 2.11. The molecule has 2 aromatic heterocycles. The minimum Gasteiger partial charge on any atom is -0.327 e. The van der Waals surface area contributed by atoms with Crippen molar-refractivity contribution in [3.63, 3.8) is 0 Å². The van der Waals surface area contributed by atoms with Crippen molar-refractivity contribution in [3.8, 4) is 0 Å². The molecule has 0 aromatic carbocycles. The van der Waals surface area contributed by atoms with Gasteiger partial charge in [-0.3, -0.25) is 9.67 Å². The van der Waals surface area contributed by atoms with Gasteiger partial charge in [0.25, 0.3) is 0 Å². The molecular weight excluding hydrogens is 248 g/mol. The fraction of sp³-hybridized carbons (Fsp3) is 0.500. The Kier molecular flexibility index (Phi) is 5.30. The van der Waals surface area contributed by atoms with Crippen LogP contribution >= 0.6 is 0 Å². The summed E-state index contributed by atoms with van der Waals surface area (Å²) in [6, 6.07) is 6.72. The van der Waals surface area contributed by atoms with Crippen molar-refractivity contribution in [2.75, 3.05) is 0 Å². The van der Waals surface area contributed by atoms with Crippen LogP contribution in [0.4, 0.5) is 0 Å². The van der Waals surface area contributed by atoms with E-state index >= 15 is 0 Å². The molecule has 20 heavy (non-hydrogen) atoms. The molecular formula is C16H24N4. The Morgan fingerprint density at radius 1 is 1.10 bits per heavy atom. The lowest BCUT2D eigenvalue weighted by Crippen LogP contribution is -2.25. The fourth-order valence-electron chi connectivity index (χ4n) is 2.51. The molecule has 2 rings (SSSR count). The second kappa shape index (κ2) is 7.20. The van der Waals surface area contributed by atoms with E-state index in [-0.39, 0.29) is 6.04 Å². The number of nitrogens with two attached hydrogens (primary N) is 1. The zero-order chi connectivity index (χ0) is 14.4. The summed E-state index contributed by atoms with van der Waals surface area (Å²) in [5.74, 6) is 0. The van der Waals surface area contributed by atoms with E-state index in [1.807, 2.05) is 24.5 Å². The number of nitrogens with zero attached hydrogens (tertiary/aromatic N) is 3. The van der Waals surface area contributed by atoms with Gasteiger partial charge in [-0.2, -0.15) is 5.10 Å². The molecule has 0 saturated heterocycles. The summed E-state index contributed by atoms with van der Waals surface area (Å²) in [5.41, 5.74) is 8.53. The monoisotopic (exact) mass is 272 g/mol. The summed E-state index contributed by atoms with van der Waals surface area (Å²) in [4.78, 5) is 4.02. The number of aromatic nitrogens is 3. The molecule has 2 N–H and O–H groups in total. The van der Waals surface area contributed by atoms with E-state index in [0.29, 0.717) is 6.04 Å². The first kappa shape index (κ1) is 14.7. The summed E-state index contributed by atoms with van der Waals surface area (Å²) in [7, 11) is 0. The first-order valence-electron chi connectivity index (χ1n) is 7.41. The van der Waals surface area contributed by atoms with Crippen molar-refractivity contribution >= 4 is 0 Å². The van der Waals surface area contributed by atoms with Crippen LogP contribution in [0.5, 0.6) is 0 Å². The predicted molar refractivity (Wildman–Crippen MR) is 81.5 cm³/mol. The molecule has 0 bridgehead atoms. The van der Waals surface area contributed by atoms with Gasteiger partial charge in [-0.15, -0.1) is 0 Å². The maximum atomic E-state index is 6.22. The van der Waals surface area contributed by atoms with Crippen LogP contribution in [0, 0.1) is 0 Å². The summed E-state index contributed by atoms with van der Waals surface area (Å²) >= 11 is 0. The topological polar surface area (TPSA) is 56.7 Å². The summed E-state index contributed by atoms with van der Waals surface area (Å²) < 4.78 is 2.08. The highest BCUT2D eigenvalue weighted by molar-refractivity contribution is 5.12. The van der Waals surface area contributed by atoms with Crippen LogP contribution in [0.15, 0.2) is 36.8 Å². The van der Waals surface area contributed by atoms with Crippen molar-refractivity contribution in [3.05, 3.63) is 48.0 Å². The van der Waals surface area contributed by atoms with E-state index in [1.165, 1.54) is 5.56 Å².